The van der Waals surface area contributed by atoms with Crippen molar-refractivity contribution in [3.63, 3.8) is 0 Å². The van der Waals surface area contributed by atoms with Crippen molar-refractivity contribution in [1.29, 1.82) is 0 Å². The van der Waals surface area contributed by atoms with Crippen LogP contribution >= 0.6 is 0 Å². The number of amides is 1. The van der Waals surface area contributed by atoms with Crippen LogP contribution < -0.4 is 0 Å². The molecule has 1 aliphatic rings. The molecule has 3 aromatic rings. The van der Waals surface area contributed by atoms with Gasteiger partial charge in [0.1, 0.15) is 5.69 Å². The number of nitrogens with one attached hydrogen (secondary N) is 2. The van der Waals surface area contributed by atoms with E-state index in [1.165, 1.54) is 0 Å². The van der Waals surface area contributed by atoms with Gasteiger partial charge in [-0.1, -0.05) is 12.1 Å². The van der Waals surface area contributed by atoms with Gasteiger partial charge in [-0.3, -0.25) is 9.89 Å². The van der Waals surface area contributed by atoms with Crippen molar-refractivity contribution in [2.45, 2.75) is 12.7 Å². The number of carbonyl (C=O) groups excluding carboxylic acids is 1. The van der Waals surface area contributed by atoms with Crippen molar-refractivity contribution in [2.24, 2.45) is 5.92 Å². The summed E-state index contributed by atoms with van der Waals surface area (Å²) in [5.41, 5.74) is 0.569. The molecule has 0 bridgehead atoms. The lowest BCUT2D eigenvalue weighted by atomic mass is 10.1. The van der Waals surface area contributed by atoms with Crippen molar-refractivity contribution in [2.75, 3.05) is 19.8 Å². The van der Waals surface area contributed by atoms with Crippen LogP contribution in [0.25, 0.3) is 10.9 Å². The van der Waals surface area contributed by atoms with E-state index in [1.54, 1.807) is 4.90 Å². The molecule has 27 heavy (non-hydrogen) atoms. The standard InChI is InChI=1S/C18H17F3N4O2/c19-18(20,21)16-6-15(23-24-16)17(26)25(7-11-9-27-10-11)8-12-2-1-3-14-13(12)4-5-22-14/h1-6,11,22H,7-10H2,(H,23,24). The third-order valence-electron chi connectivity index (χ3n) is 4.62. The van der Waals surface area contributed by atoms with Gasteiger partial charge in [-0.05, 0) is 17.7 Å². The van der Waals surface area contributed by atoms with E-state index in [0.717, 1.165) is 22.5 Å². The van der Waals surface area contributed by atoms with Gasteiger partial charge in [-0.2, -0.15) is 18.3 Å². The fraction of sp³-hybridized carbons (Fsp3) is 0.333. The van der Waals surface area contributed by atoms with Crippen LogP contribution in [0.5, 0.6) is 0 Å². The Morgan fingerprint density at radius 2 is 2.11 bits per heavy atom. The number of fused-ring (bicyclic) bond motifs is 1. The molecule has 0 radical (unpaired) electrons. The molecule has 0 atom stereocenters. The van der Waals surface area contributed by atoms with E-state index in [9.17, 15) is 18.0 Å². The van der Waals surface area contributed by atoms with Gasteiger partial charge in [0, 0.05) is 42.2 Å². The number of H-pyrrole nitrogens is 2. The number of hydrogen-bond donors (Lipinski definition) is 2. The summed E-state index contributed by atoms with van der Waals surface area (Å²) < 4.78 is 43.6. The molecule has 1 saturated heterocycles. The second-order valence-corrected chi connectivity index (χ2v) is 6.61. The van der Waals surface area contributed by atoms with Gasteiger partial charge < -0.3 is 14.6 Å². The molecule has 1 fully saturated rings. The molecule has 142 valence electrons. The van der Waals surface area contributed by atoms with Crippen LogP contribution in [0.3, 0.4) is 0 Å². The monoisotopic (exact) mass is 378 g/mol. The first kappa shape index (κ1) is 17.6. The van der Waals surface area contributed by atoms with Gasteiger partial charge in [0.2, 0.25) is 0 Å². The molecule has 0 saturated carbocycles. The largest absolute Gasteiger partial charge is 0.435 e. The molecule has 6 nitrogen and oxygen atoms in total. The summed E-state index contributed by atoms with van der Waals surface area (Å²) in [5, 5.41) is 6.42. The number of aromatic nitrogens is 3. The minimum Gasteiger partial charge on any atom is -0.381 e. The van der Waals surface area contributed by atoms with Crippen LogP contribution in [0.1, 0.15) is 21.7 Å². The van der Waals surface area contributed by atoms with Gasteiger partial charge in [0.25, 0.3) is 5.91 Å². The highest BCUT2D eigenvalue weighted by Crippen LogP contribution is 2.28. The maximum Gasteiger partial charge on any atom is 0.435 e. The number of alkyl halides is 3. The maximum absolute atomic E-state index is 12.9. The van der Waals surface area contributed by atoms with Gasteiger partial charge in [0.15, 0.2) is 5.69 Å². The zero-order valence-corrected chi connectivity index (χ0v) is 14.2. The van der Waals surface area contributed by atoms with Crippen LogP contribution in [0, 0.1) is 5.92 Å². The first-order valence-corrected chi connectivity index (χ1v) is 8.46. The summed E-state index contributed by atoms with van der Waals surface area (Å²) in [6, 6.07) is 8.37. The van der Waals surface area contributed by atoms with E-state index in [-0.39, 0.29) is 18.2 Å². The zero-order valence-electron chi connectivity index (χ0n) is 14.2. The molecule has 3 heterocycles. The lowest BCUT2D eigenvalue weighted by Crippen LogP contribution is -2.42. The highest BCUT2D eigenvalue weighted by molar-refractivity contribution is 5.93. The highest BCUT2D eigenvalue weighted by Gasteiger charge is 2.35. The minimum absolute atomic E-state index is 0.171. The molecule has 4 rings (SSSR count). The molecular weight excluding hydrogens is 361 g/mol. The van der Waals surface area contributed by atoms with Crippen molar-refractivity contribution in [3.05, 3.63) is 53.5 Å². The lowest BCUT2D eigenvalue weighted by Gasteiger charge is -2.32. The first-order valence-electron chi connectivity index (χ1n) is 8.46. The zero-order chi connectivity index (χ0) is 19.0. The lowest BCUT2D eigenvalue weighted by molar-refractivity contribution is -0.141. The van der Waals surface area contributed by atoms with Crippen LogP contribution in [0.4, 0.5) is 13.2 Å². The average molecular weight is 378 g/mol. The molecule has 0 spiro atoms. The third-order valence-corrected chi connectivity index (χ3v) is 4.62. The number of rotatable bonds is 5. The SMILES string of the molecule is O=C(c1cc(C(F)(F)F)n[nH]1)N(Cc1cccc2[nH]ccc12)CC1COC1. The number of benzene rings is 1. The molecule has 1 amide bonds. The Kier molecular flexibility index (Phi) is 4.39. The summed E-state index contributed by atoms with van der Waals surface area (Å²) in [6.07, 6.45) is -2.79. The number of ether oxygens (including phenoxy) is 1. The Morgan fingerprint density at radius 1 is 1.30 bits per heavy atom. The van der Waals surface area contributed by atoms with Crippen LogP contribution in [-0.4, -0.2) is 45.7 Å². The van der Waals surface area contributed by atoms with Gasteiger partial charge >= 0.3 is 6.18 Å². The Hall–Kier alpha value is -2.81. The summed E-state index contributed by atoms with van der Waals surface area (Å²) in [7, 11) is 0. The summed E-state index contributed by atoms with van der Waals surface area (Å²) in [5.74, 6) is -0.346. The van der Waals surface area contributed by atoms with E-state index >= 15 is 0 Å². The number of aromatic amines is 2. The Bertz CT molecular complexity index is 959. The number of hydrogen-bond acceptors (Lipinski definition) is 3. The first-order chi connectivity index (χ1) is 12.9. The Balaban J connectivity index is 1.61. The molecule has 2 N–H and O–H groups in total. The van der Waals surface area contributed by atoms with Crippen LogP contribution in [0.15, 0.2) is 36.5 Å². The minimum atomic E-state index is -4.60. The van der Waals surface area contributed by atoms with Crippen molar-refractivity contribution < 1.29 is 22.7 Å². The van der Waals surface area contributed by atoms with Crippen LogP contribution in [-0.2, 0) is 17.5 Å². The maximum atomic E-state index is 12.9. The van der Waals surface area contributed by atoms with Crippen LogP contribution in [0.2, 0.25) is 0 Å². The van der Waals surface area contributed by atoms with Crippen molar-refractivity contribution in [3.8, 4) is 0 Å². The topological polar surface area (TPSA) is 74.0 Å². The van der Waals surface area contributed by atoms with Crippen molar-refractivity contribution >= 4 is 16.8 Å². The predicted molar refractivity (Wildman–Crippen MR) is 90.9 cm³/mol. The van der Waals surface area contributed by atoms with E-state index in [0.29, 0.717) is 19.8 Å². The second kappa shape index (κ2) is 6.73. The fourth-order valence-electron chi connectivity index (χ4n) is 3.16. The average Bonchev–Trinajstić information content (AvgIpc) is 3.24. The quantitative estimate of drug-likeness (QED) is 0.716. The number of halogens is 3. The third kappa shape index (κ3) is 3.55. The summed E-state index contributed by atoms with van der Waals surface area (Å²) in [6.45, 7) is 1.76. The van der Waals surface area contributed by atoms with E-state index < -0.39 is 17.8 Å². The van der Waals surface area contributed by atoms with E-state index in [2.05, 4.69) is 15.2 Å². The highest BCUT2D eigenvalue weighted by atomic mass is 19.4. The molecule has 0 aliphatic carbocycles. The van der Waals surface area contributed by atoms with Gasteiger partial charge in [0.05, 0.1) is 13.2 Å². The second-order valence-electron chi connectivity index (χ2n) is 6.61. The molecule has 0 unspecified atom stereocenters. The van der Waals surface area contributed by atoms with Crippen molar-refractivity contribution in [1.82, 2.24) is 20.1 Å². The number of nitrogens with zero attached hydrogens (tertiary/aromatic N) is 2. The summed E-state index contributed by atoms with van der Waals surface area (Å²) >= 11 is 0. The van der Waals surface area contributed by atoms with Gasteiger partial charge in [-0.15, -0.1) is 0 Å². The molecule has 1 aliphatic heterocycles. The molecule has 1 aromatic carbocycles. The molecule has 9 heteroatoms. The van der Waals surface area contributed by atoms with E-state index in [1.807, 2.05) is 30.5 Å². The number of carbonyl (C=O) groups is 1. The Morgan fingerprint density at radius 3 is 2.78 bits per heavy atom. The Labute approximate surface area is 152 Å². The summed E-state index contributed by atoms with van der Waals surface area (Å²) in [4.78, 5) is 17.5. The predicted octanol–water partition coefficient (Wildman–Crippen LogP) is 3.20. The smallest absolute Gasteiger partial charge is 0.381 e. The van der Waals surface area contributed by atoms with E-state index in [4.69, 9.17) is 4.74 Å². The molecule has 2 aromatic heterocycles. The fourth-order valence-corrected chi connectivity index (χ4v) is 3.16. The normalized spacial score (nSPS) is 15.1. The van der Waals surface area contributed by atoms with Gasteiger partial charge in [-0.25, -0.2) is 0 Å². The molecular formula is C18H17F3N4O2.